The number of fused-ring (bicyclic) bond motifs is 1. The molecule has 1 saturated heterocycles. The summed E-state index contributed by atoms with van der Waals surface area (Å²) in [7, 11) is 0. The fourth-order valence-corrected chi connectivity index (χ4v) is 4.37. The summed E-state index contributed by atoms with van der Waals surface area (Å²) in [5.41, 5.74) is 4.71. The first-order chi connectivity index (χ1) is 12.2. The van der Waals surface area contributed by atoms with Crippen molar-refractivity contribution >= 4 is 11.5 Å². The summed E-state index contributed by atoms with van der Waals surface area (Å²) in [6.07, 6.45) is 7.84. The van der Waals surface area contributed by atoms with Crippen molar-refractivity contribution in [3.05, 3.63) is 48.3 Å². The van der Waals surface area contributed by atoms with Crippen molar-refractivity contribution in [2.24, 2.45) is 5.41 Å². The van der Waals surface area contributed by atoms with Crippen LogP contribution in [0.5, 0.6) is 0 Å². The highest BCUT2D eigenvalue weighted by Gasteiger charge is 2.45. The predicted molar refractivity (Wildman–Crippen MR) is 99.7 cm³/mol. The summed E-state index contributed by atoms with van der Waals surface area (Å²) < 4.78 is 2.12. The summed E-state index contributed by atoms with van der Waals surface area (Å²) >= 11 is 0. The zero-order valence-electron chi connectivity index (χ0n) is 14.5. The summed E-state index contributed by atoms with van der Waals surface area (Å²) in [6.45, 7) is 4.45. The van der Waals surface area contributed by atoms with E-state index in [9.17, 15) is 0 Å². The van der Waals surface area contributed by atoms with Gasteiger partial charge in [-0.2, -0.15) is 0 Å². The third-order valence-electron chi connectivity index (χ3n) is 5.71. The van der Waals surface area contributed by atoms with E-state index in [0.29, 0.717) is 11.5 Å². The molecule has 5 heteroatoms. The second kappa shape index (κ2) is 5.56. The lowest BCUT2D eigenvalue weighted by atomic mass is 9.65. The van der Waals surface area contributed by atoms with E-state index in [1.54, 1.807) is 0 Å². The summed E-state index contributed by atoms with van der Waals surface area (Å²) in [4.78, 5) is 9.34. The first kappa shape index (κ1) is 14.9. The van der Waals surface area contributed by atoms with Crippen LogP contribution in [-0.2, 0) is 0 Å². The van der Waals surface area contributed by atoms with Crippen LogP contribution in [0.2, 0.25) is 0 Å². The summed E-state index contributed by atoms with van der Waals surface area (Å²) in [5, 5.41) is 7.12. The highest BCUT2D eigenvalue weighted by atomic mass is 15.1. The van der Waals surface area contributed by atoms with Crippen LogP contribution in [0, 0.1) is 12.3 Å². The Morgan fingerprint density at radius 3 is 3.00 bits per heavy atom. The smallest absolute Gasteiger partial charge is 0.137 e. The molecule has 3 aromatic heterocycles. The van der Waals surface area contributed by atoms with Gasteiger partial charge in [-0.15, -0.1) is 0 Å². The molecule has 3 aromatic rings. The highest BCUT2D eigenvalue weighted by molar-refractivity contribution is 5.62. The van der Waals surface area contributed by atoms with Gasteiger partial charge in [0.25, 0.3) is 0 Å². The minimum atomic E-state index is 0.548. The quantitative estimate of drug-likeness (QED) is 0.772. The molecule has 4 heterocycles. The van der Waals surface area contributed by atoms with Crippen molar-refractivity contribution < 1.29 is 0 Å². The van der Waals surface area contributed by atoms with Crippen molar-refractivity contribution in [3.8, 4) is 11.4 Å². The average Bonchev–Trinajstić information content (AvgIpc) is 3.21. The number of aryl methyl sites for hydroxylation is 1. The van der Waals surface area contributed by atoms with Gasteiger partial charge in [0, 0.05) is 18.8 Å². The Kier molecular flexibility index (Phi) is 3.31. The fourth-order valence-electron chi connectivity index (χ4n) is 4.37. The maximum atomic E-state index is 4.84. The van der Waals surface area contributed by atoms with Gasteiger partial charge in [-0.05, 0) is 61.9 Å². The van der Waals surface area contributed by atoms with E-state index in [1.807, 2.05) is 12.3 Å². The molecule has 1 saturated carbocycles. The fraction of sp³-hybridized carbons (Fsp3) is 0.400. The standard InChI is InChI=1S/C20H23N5/c1-14-5-6-19-22-11-17(25(19)12-14)16-3-2-4-18(24-16)23-15-9-20(10-15)7-8-21-13-20/h2-6,11-12,15,21H,7-10,13H2,1H3,(H,23,24). The molecule has 0 aromatic carbocycles. The first-order valence-electron chi connectivity index (χ1n) is 9.09. The zero-order chi connectivity index (χ0) is 16.9. The molecule has 0 amide bonds. The Bertz CT molecular complexity index is 915. The van der Waals surface area contributed by atoms with Crippen LogP contribution >= 0.6 is 0 Å². The molecule has 1 aliphatic carbocycles. The van der Waals surface area contributed by atoms with E-state index in [1.165, 1.54) is 37.9 Å². The van der Waals surface area contributed by atoms with E-state index in [0.717, 1.165) is 22.9 Å². The van der Waals surface area contributed by atoms with Gasteiger partial charge in [-0.3, -0.25) is 4.40 Å². The number of aromatic nitrogens is 3. The zero-order valence-corrected chi connectivity index (χ0v) is 14.5. The molecule has 0 unspecified atom stereocenters. The average molecular weight is 333 g/mol. The Balaban J connectivity index is 1.38. The lowest BCUT2D eigenvalue weighted by Gasteiger charge is -2.45. The number of rotatable bonds is 3. The second-order valence-electron chi connectivity index (χ2n) is 7.66. The number of nitrogens with one attached hydrogen (secondary N) is 2. The largest absolute Gasteiger partial charge is 0.367 e. The molecule has 0 radical (unpaired) electrons. The van der Waals surface area contributed by atoms with Gasteiger partial charge in [0.2, 0.25) is 0 Å². The predicted octanol–water partition coefficient (Wildman–Crippen LogP) is 3.26. The van der Waals surface area contributed by atoms with Gasteiger partial charge in [0.15, 0.2) is 0 Å². The molecular weight excluding hydrogens is 310 g/mol. The van der Waals surface area contributed by atoms with Crippen molar-refractivity contribution in [2.45, 2.75) is 32.2 Å². The van der Waals surface area contributed by atoms with E-state index >= 15 is 0 Å². The van der Waals surface area contributed by atoms with Gasteiger partial charge in [0.1, 0.15) is 11.5 Å². The maximum Gasteiger partial charge on any atom is 0.137 e. The molecule has 2 fully saturated rings. The number of pyridine rings is 2. The summed E-state index contributed by atoms with van der Waals surface area (Å²) in [6, 6.07) is 10.9. The van der Waals surface area contributed by atoms with Gasteiger partial charge in [-0.1, -0.05) is 12.1 Å². The molecule has 2 aliphatic rings. The van der Waals surface area contributed by atoms with Crippen LogP contribution in [-0.4, -0.2) is 33.5 Å². The molecule has 0 bridgehead atoms. The van der Waals surface area contributed by atoms with Crippen LogP contribution in [0.15, 0.2) is 42.7 Å². The van der Waals surface area contributed by atoms with Crippen molar-refractivity contribution in [2.75, 3.05) is 18.4 Å². The molecule has 5 nitrogen and oxygen atoms in total. The molecule has 5 rings (SSSR count). The van der Waals surface area contributed by atoms with Crippen molar-refractivity contribution in [3.63, 3.8) is 0 Å². The van der Waals surface area contributed by atoms with Crippen molar-refractivity contribution in [1.29, 1.82) is 0 Å². The molecule has 1 aliphatic heterocycles. The third kappa shape index (κ3) is 2.59. The Morgan fingerprint density at radius 2 is 2.16 bits per heavy atom. The number of imidazole rings is 1. The lowest BCUT2D eigenvalue weighted by molar-refractivity contribution is 0.141. The van der Waals surface area contributed by atoms with Gasteiger partial charge in [0.05, 0.1) is 17.6 Å². The van der Waals surface area contributed by atoms with Crippen molar-refractivity contribution in [1.82, 2.24) is 19.7 Å². The van der Waals surface area contributed by atoms with Gasteiger partial charge in [-0.25, -0.2) is 9.97 Å². The van der Waals surface area contributed by atoms with Crippen LogP contribution in [0.25, 0.3) is 17.0 Å². The molecule has 25 heavy (non-hydrogen) atoms. The topological polar surface area (TPSA) is 54.2 Å². The molecule has 0 atom stereocenters. The second-order valence-corrected chi connectivity index (χ2v) is 7.66. The normalized spacial score (nSPS) is 25.4. The molecule has 2 N–H and O–H groups in total. The van der Waals surface area contributed by atoms with Gasteiger partial charge >= 0.3 is 0 Å². The molecule has 1 spiro atoms. The highest BCUT2D eigenvalue weighted by Crippen LogP contribution is 2.46. The van der Waals surface area contributed by atoms with Crippen LogP contribution < -0.4 is 10.6 Å². The van der Waals surface area contributed by atoms with Crippen LogP contribution in [0.4, 0.5) is 5.82 Å². The van der Waals surface area contributed by atoms with Crippen LogP contribution in [0.1, 0.15) is 24.8 Å². The van der Waals surface area contributed by atoms with E-state index < -0.39 is 0 Å². The Labute approximate surface area is 147 Å². The first-order valence-corrected chi connectivity index (χ1v) is 9.09. The molecule has 128 valence electrons. The number of nitrogens with zero attached hydrogens (tertiary/aromatic N) is 3. The van der Waals surface area contributed by atoms with Crippen LogP contribution in [0.3, 0.4) is 0 Å². The Morgan fingerprint density at radius 1 is 1.24 bits per heavy atom. The Hall–Kier alpha value is -2.40. The maximum absolute atomic E-state index is 4.84. The lowest BCUT2D eigenvalue weighted by Crippen LogP contribution is -2.46. The number of hydrogen-bond acceptors (Lipinski definition) is 4. The number of anilines is 1. The minimum absolute atomic E-state index is 0.548. The summed E-state index contributed by atoms with van der Waals surface area (Å²) in [5.74, 6) is 0.964. The molecular formula is C20H23N5. The minimum Gasteiger partial charge on any atom is -0.367 e. The third-order valence-corrected chi connectivity index (χ3v) is 5.71. The van der Waals surface area contributed by atoms with E-state index in [2.05, 4.69) is 57.4 Å². The van der Waals surface area contributed by atoms with E-state index in [4.69, 9.17) is 4.98 Å². The monoisotopic (exact) mass is 333 g/mol. The number of hydrogen-bond donors (Lipinski definition) is 2. The SMILES string of the molecule is Cc1ccc2ncc(-c3cccc(NC4CC5(CCNC5)C4)n3)n2c1. The van der Waals surface area contributed by atoms with Gasteiger partial charge < -0.3 is 10.6 Å². The van der Waals surface area contributed by atoms with E-state index in [-0.39, 0.29) is 0 Å².